The number of ether oxygens (including phenoxy) is 1. The van der Waals surface area contributed by atoms with E-state index in [1.807, 2.05) is 0 Å². The molecule has 88 valence electrons. The van der Waals surface area contributed by atoms with Gasteiger partial charge in [0.25, 0.3) is 0 Å². The molecule has 16 heavy (non-hydrogen) atoms. The molecular formula is C10H13NO5. The molecule has 1 aromatic rings. The van der Waals surface area contributed by atoms with Crippen molar-refractivity contribution in [2.75, 3.05) is 7.11 Å². The number of carbonyl (C=O) groups excluding carboxylic acids is 1. The first kappa shape index (κ1) is 12.3. The first-order valence-corrected chi connectivity index (χ1v) is 4.67. The summed E-state index contributed by atoms with van der Waals surface area (Å²) in [5.41, 5.74) is 0. The molecule has 1 heterocycles. The fourth-order valence-corrected chi connectivity index (χ4v) is 1.10. The number of esters is 1. The number of hydrogen-bond donors (Lipinski definition) is 2. The zero-order chi connectivity index (χ0) is 12.1. The van der Waals surface area contributed by atoms with E-state index in [2.05, 4.69) is 10.1 Å². The number of hydrogen-bond acceptors (Lipinski definition) is 5. The maximum absolute atomic E-state index is 11.0. The number of furan rings is 1. The van der Waals surface area contributed by atoms with Crippen LogP contribution in [0.3, 0.4) is 0 Å². The Labute approximate surface area is 92.2 Å². The predicted octanol–water partition coefficient (Wildman–Crippen LogP) is 0.629. The first-order valence-electron chi connectivity index (χ1n) is 4.67. The number of nitrogens with one attached hydrogen (secondary N) is 1. The Bertz CT molecular complexity index is 384. The lowest BCUT2D eigenvalue weighted by Crippen LogP contribution is -2.34. The van der Waals surface area contributed by atoms with Gasteiger partial charge in [0.1, 0.15) is 11.8 Å². The van der Waals surface area contributed by atoms with E-state index in [9.17, 15) is 9.59 Å². The van der Waals surface area contributed by atoms with Gasteiger partial charge >= 0.3 is 11.9 Å². The number of carboxylic acids is 1. The Balaban J connectivity index is 2.48. The Kier molecular flexibility index (Phi) is 4.07. The Morgan fingerprint density at radius 1 is 1.56 bits per heavy atom. The average Bonchev–Trinajstić information content (AvgIpc) is 2.73. The molecule has 6 heteroatoms. The van der Waals surface area contributed by atoms with Gasteiger partial charge in [0, 0.05) is 0 Å². The van der Waals surface area contributed by atoms with Crippen LogP contribution in [0.15, 0.2) is 16.5 Å². The molecule has 2 N–H and O–H groups in total. The van der Waals surface area contributed by atoms with E-state index in [1.54, 1.807) is 13.0 Å². The van der Waals surface area contributed by atoms with Gasteiger partial charge in [-0.15, -0.1) is 0 Å². The molecule has 0 saturated heterocycles. The van der Waals surface area contributed by atoms with Crippen molar-refractivity contribution in [2.45, 2.75) is 19.5 Å². The molecule has 0 radical (unpaired) electrons. The van der Waals surface area contributed by atoms with Gasteiger partial charge < -0.3 is 14.3 Å². The van der Waals surface area contributed by atoms with Crippen molar-refractivity contribution in [1.82, 2.24) is 5.32 Å². The van der Waals surface area contributed by atoms with Crippen molar-refractivity contribution >= 4 is 11.9 Å². The van der Waals surface area contributed by atoms with Crippen LogP contribution < -0.4 is 5.32 Å². The lowest BCUT2D eigenvalue weighted by molar-refractivity contribution is -0.142. The summed E-state index contributed by atoms with van der Waals surface area (Å²) in [5, 5.41) is 11.5. The summed E-state index contributed by atoms with van der Waals surface area (Å²) in [6, 6.07) is 2.44. The molecule has 0 saturated carbocycles. The molecule has 0 fully saturated rings. The van der Waals surface area contributed by atoms with E-state index >= 15 is 0 Å². The van der Waals surface area contributed by atoms with Gasteiger partial charge in [-0.1, -0.05) is 0 Å². The number of carboxylic acid groups (broad SMARTS) is 1. The average molecular weight is 227 g/mol. The lowest BCUT2D eigenvalue weighted by atomic mass is 10.3. The molecule has 0 aliphatic heterocycles. The van der Waals surface area contributed by atoms with Crippen molar-refractivity contribution in [1.29, 1.82) is 0 Å². The van der Waals surface area contributed by atoms with E-state index in [1.165, 1.54) is 13.2 Å². The summed E-state index contributed by atoms with van der Waals surface area (Å²) in [5.74, 6) is -1.17. The molecule has 0 amide bonds. The van der Waals surface area contributed by atoms with Gasteiger partial charge in [0.2, 0.25) is 5.76 Å². The monoisotopic (exact) mass is 227 g/mol. The highest BCUT2D eigenvalue weighted by Crippen LogP contribution is 2.07. The molecular weight excluding hydrogens is 214 g/mol. The number of carbonyl (C=O) groups is 2. The summed E-state index contributed by atoms with van der Waals surface area (Å²) in [4.78, 5) is 21.6. The minimum Gasteiger partial charge on any atom is -0.475 e. The second kappa shape index (κ2) is 5.32. The lowest BCUT2D eigenvalue weighted by Gasteiger charge is -2.09. The summed E-state index contributed by atoms with van der Waals surface area (Å²) in [6.45, 7) is 1.91. The third kappa shape index (κ3) is 3.09. The fraction of sp³-hybridized carbons (Fsp3) is 0.400. The maximum Gasteiger partial charge on any atom is 0.371 e. The molecule has 0 aliphatic rings. The van der Waals surface area contributed by atoms with Crippen molar-refractivity contribution < 1.29 is 23.8 Å². The summed E-state index contributed by atoms with van der Waals surface area (Å²) < 4.78 is 9.51. The molecule has 1 atom stereocenters. The molecule has 0 aromatic carbocycles. The van der Waals surface area contributed by atoms with E-state index in [4.69, 9.17) is 9.52 Å². The van der Waals surface area contributed by atoms with Crippen LogP contribution in [-0.2, 0) is 16.1 Å². The summed E-state index contributed by atoms with van der Waals surface area (Å²) in [7, 11) is 1.30. The number of aromatic carboxylic acids is 1. The molecule has 0 bridgehead atoms. The molecule has 1 rings (SSSR count). The van der Waals surface area contributed by atoms with Crippen LogP contribution in [0, 0.1) is 0 Å². The van der Waals surface area contributed by atoms with Crippen LogP contribution >= 0.6 is 0 Å². The highest BCUT2D eigenvalue weighted by atomic mass is 16.5. The maximum atomic E-state index is 11.0. The smallest absolute Gasteiger partial charge is 0.371 e. The SMILES string of the molecule is COC(=O)[C@H](C)NCc1ccc(C(=O)O)o1. The quantitative estimate of drug-likeness (QED) is 0.717. The number of rotatable bonds is 5. The minimum atomic E-state index is -1.12. The third-order valence-corrected chi connectivity index (χ3v) is 2.01. The molecule has 0 spiro atoms. The van der Waals surface area contributed by atoms with Gasteiger partial charge in [-0.25, -0.2) is 4.79 Å². The highest BCUT2D eigenvalue weighted by Gasteiger charge is 2.14. The van der Waals surface area contributed by atoms with E-state index in [0.29, 0.717) is 5.76 Å². The standard InChI is InChI=1S/C10H13NO5/c1-6(10(14)15-2)11-5-7-3-4-8(16-7)9(12)13/h3-4,6,11H,5H2,1-2H3,(H,12,13)/t6-/m0/s1. The zero-order valence-corrected chi connectivity index (χ0v) is 9.02. The normalized spacial score (nSPS) is 12.1. The molecule has 6 nitrogen and oxygen atoms in total. The van der Waals surface area contributed by atoms with Crippen LogP contribution in [0.5, 0.6) is 0 Å². The van der Waals surface area contributed by atoms with Crippen molar-refractivity contribution in [2.24, 2.45) is 0 Å². The van der Waals surface area contributed by atoms with Gasteiger partial charge in [-0.2, -0.15) is 0 Å². The number of methoxy groups -OCH3 is 1. The van der Waals surface area contributed by atoms with Crippen molar-refractivity contribution in [3.8, 4) is 0 Å². The first-order chi connectivity index (χ1) is 7.54. The van der Waals surface area contributed by atoms with Crippen LogP contribution in [0.25, 0.3) is 0 Å². The molecule has 1 aromatic heterocycles. The third-order valence-electron chi connectivity index (χ3n) is 2.01. The summed E-state index contributed by atoms with van der Waals surface area (Å²) in [6.07, 6.45) is 0. The van der Waals surface area contributed by atoms with Crippen LogP contribution in [0.1, 0.15) is 23.2 Å². The van der Waals surface area contributed by atoms with Crippen LogP contribution in [-0.4, -0.2) is 30.2 Å². The van der Waals surface area contributed by atoms with Crippen molar-refractivity contribution in [3.05, 3.63) is 23.7 Å². The zero-order valence-electron chi connectivity index (χ0n) is 9.02. The molecule has 0 unspecified atom stereocenters. The molecule has 0 aliphatic carbocycles. The second-order valence-electron chi connectivity index (χ2n) is 3.20. The van der Waals surface area contributed by atoms with Crippen molar-refractivity contribution in [3.63, 3.8) is 0 Å². The van der Waals surface area contributed by atoms with Crippen LogP contribution in [0.2, 0.25) is 0 Å². The van der Waals surface area contributed by atoms with E-state index in [-0.39, 0.29) is 18.3 Å². The Morgan fingerprint density at radius 3 is 2.75 bits per heavy atom. The van der Waals surface area contributed by atoms with E-state index < -0.39 is 12.0 Å². The summed E-state index contributed by atoms with van der Waals surface area (Å²) >= 11 is 0. The minimum absolute atomic E-state index is 0.123. The van der Waals surface area contributed by atoms with Gasteiger partial charge in [-0.3, -0.25) is 10.1 Å². The second-order valence-corrected chi connectivity index (χ2v) is 3.20. The fourth-order valence-electron chi connectivity index (χ4n) is 1.10. The Hall–Kier alpha value is -1.82. The largest absolute Gasteiger partial charge is 0.475 e. The van der Waals surface area contributed by atoms with Gasteiger partial charge in [-0.05, 0) is 19.1 Å². The van der Waals surface area contributed by atoms with Gasteiger partial charge in [0.05, 0.1) is 13.7 Å². The van der Waals surface area contributed by atoms with Crippen LogP contribution in [0.4, 0.5) is 0 Å². The van der Waals surface area contributed by atoms with E-state index in [0.717, 1.165) is 0 Å². The Morgan fingerprint density at radius 2 is 2.25 bits per heavy atom. The highest BCUT2D eigenvalue weighted by molar-refractivity contribution is 5.84. The predicted molar refractivity (Wildman–Crippen MR) is 54.0 cm³/mol. The topological polar surface area (TPSA) is 88.8 Å². The van der Waals surface area contributed by atoms with Gasteiger partial charge in [0.15, 0.2) is 0 Å².